The van der Waals surface area contributed by atoms with Crippen LogP contribution in [-0.2, 0) is 9.53 Å². The van der Waals surface area contributed by atoms with Crippen LogP contribution >= 0.6 is 12.4 Å². The number of nitrogens with one attached hydrogen (secondary N) is 1. The number of hydrogen-bond acceptors (Lipinski definition) is 4. The van der Waals surface area contributed by atoms with Gasteiger partial charge in [-0.3, -0.25) is 9.69 Å². The second-order valence-corrected chi connectivity index (χ2v) is 5.56. The van der Waals surface area contributed by atoms with Crippen LogP contribution in [-0.4, -0.2) is 55.2 Å². The van der Waals surface area contributed by atoms with Gasteiger partial charge in [0.15, 0.2) is 0 Å². The van der Waals surface area contributed by atoms with E-state index in [4.69, 9.17) is 10.5 Å². The smallest absolute Gasteiger partial charge is 0.236 e. The first kappa shape index (κ1) is 19.6. The highest BCUT2D eigenvalue weighted by Crippen LogP contribution is 2.10. The van der Waals surface area contributed by atoms with E-state index in [0.29, 0.717) is 18.8 Å². The molecule has 0 aromatic rings. The zero-order chi connectivity index (χ0) is 14.3. The van der Waals surface area contributed by atoms with Gasteiger partial charge in [0.25, 0.3) is 0 Å². The Balaban J connectivity index is 0.00000361. The molecule has 0 radical (unpaired) electrons. The molecule has 1 aliphatic heterocycles. The quantitative estimate of drug-likeness (QED) is 0.693. The standard InChI is InChI=1S/C14H29N3O2.ClH/c1-4-6-13(15)14(18)16-7-5-8-17-9-11(2)19-12(3)10-17;/h11-13H,4-10,15H2,1-3H3,(H,16,18);1H. The molecule has 1 saturated heterocycles. The summed E-state index contributed by atoms with van der Waals surface area (Å²) in [6, 6.07) is -0.353. The van der Waals surface area contributed by atoms with Gasteiger partial charge in [-0.2, -0.15) is 0 Å². The van der Waals surface area contributed by atoms with Crippen molar-refractivity contribution in [3.8, 4) is 0 Å². The van der Waals surface area contributed by atoms with E-state index in [0.717, 1.165) is 38.9 Å². The molecule has 3 N–H and O–H groups in total. The first-order chi connectivity index (χ1) is 9.02. The Morgan fingerprint density at radius 3 is 2.55 bits per heavy atom. The third kappa shape index (κ3) is 7.43. The van der Waals surface area contributed by atoms with Crippen LogP contribution in [0.1, 0.15) is 40.0 Å². The van der Waals surface area contributed by atoms with E-state index in [1.807, 2.05) is 6.92 Å². The number of halogens is 1. The van der Waals surface area contributed by atoms with Gasteiger partial charge in [-0.1, -0.05) is 13.3 Å². The summed E-state index contributed by atoms with van der Waals surface area (Å²) in [5.74, 6) is -0.0226. The van der Waals surface area contributed by atoms with Crippen LogP contribution in [0.15, 0.2) is 0 Å². The molecule has 0 aromatic heterocycles. The highest BCUT2D eigenvalue weighted by atomic mass is 35.5. The summed E-state index contributed by atoms with van der Waals surface area (Å²) in [6.07, 6.45) is 3.26. The van der Waals surface area contributed by atoms with E-state index in [2.05, 4.69) is 24.1 Å². The summed E-state index contributed by atoms with van der Waals surface area (Å²) in [5, 5.41) is 2.91. The minimum absolute atomic E-state index is 0. The minimum Gasteiger partial charge on any atom is -0.373 e. The largest absolute Gasteiger partial charge is 0.373 e. The van der Waals surface area contributed by atoms with Crippen molar-refractivity contribution in [1.29, 1.82) is 0 Å². The number of carbonyl (C=O) groups excluding carboxylic acids is 1. The Kier molecular flexibility index (Phi) is 10.2. The lowest BCUT2D eigenvalue weighted by Gasteiger charge is -2.35. The van der Waals surface area contributed by atoms with Crippen LogP contribution in [0.5, 0.6) is 0 Å². The minimum atomic E-state index is -0.353. The summed E-state index contributed by atoms with van der Waals surface area (Å²) in [4.78, 5) is 14.0. The molecule has 0 spiro atoms. The fourth-order valence-electron chi connectivity index (χ4n) is 2.55. The van der Waals surface area contributed by atoms with Crippen LogP contribution < -0.4 is 11.1 Å². The monoisotopic (exact) mass is 307 g/mol. The number of ether oxygens (including phenoxy) is 1. The Morgan fingerprint density at radius 2 is 2.00 bits per heavy atom. The number of rotatable bonds is 7. The molecule has 120 valence electrons. The Morgan fingerprint density at radius 1 is 1.40 bits per heavy atom. The van der Waals surface area contributed by atoms with E-state index < -0.39 is 0 Å². The first-order valence-electron chi connectivity index (χ1n) is 7.44. The van der Waals surface area contributed by atoms with Crippen LogP contribution in [0.3, 0.4) is 0 Å². The van der Waals surface area contributed by atoms with Crippen molar-refractivity contribution >= 4 is 18.3 Å². The molecule has 0 bridgehead atoms. The molecule has 0 aromatic carbocycles. The first-order valence-corrected chi connectivity index (χ1v) is 7.44. The highest BCUT2D eigenvalue weighted by molar-refractivity contribution is 5.85. The van der Waals surface area contributed by atoms with Crippen molar-refractivity contribution in [1.82, 2.24) is 10.2 Å². The molecule has 5 nitrogen and oxygen atoms in total. The molecular weight excluding hydrogens is 278 g/mol. The highest BCUT2D eigenvalue weighted by Gasteiger charge is 2.21. The lowest BCUT2D eigenvalue weighted by atomic mass is 10.1. The van der Waals surface area contributed by atoms with Gasteiger partial charge >= 0.3 is 0 Å². The van der Waals surface area contributed by atoms with Gasteiger partial charge in [-0.15, -0.1) is 12.4 Å². The van der Waals surface area contributed by atoms with Gasteiger partial charge in [0.1, 0.15) is 0 Å². The molecule has 0 aliphatic carbocycles. The Labute approximate surface area is 129 Å². The van der Waals surface area contributed by atoms with Crippen molar-refractivity contribution in [3.63, 3.8) is 0 Å². The van der Waals surface area contributed by atoms with Crippen molar-refractivity contribution in [2.24, 2.45) is 5.73 Å². The van der Waals surface area contributed by atoms with Crippen LogP contribution in [0.4, 0.5) is 0 Å². The number of nitrogens with two attached hydrogens (primary N) is 1. The topological polar surface area (TPSA) is 67.6 Å². The van der Waals surface area contributed by atoms with Crippen LogP contribution in [0, 0.1) is 0 Å². The zero-order valence-electron chi connectivity index (χ0n) is 12.9. The average molecular weight is 308 g/mol. The van der Waals surface area contributed by atoms with Crippen molar-refractivity contribution in [2.45, 2.75) is 58.3 Å². The summed E-state index contributed by atoms with van der Waals surface area (Å²) in [6.45, 7) is 9.91. The Hall–Kier alpha value is -0.360. The van der Waals surface area contributed by atoms with Gasteiger partial charge in [0, 0.05) is 26.2 Å². The number of nitrogens with zero attached hydrogens (tertiary/aromatic N) is 1. The van der Waals surface area contributed by atoms with Gasteiger partial charge in [-0.05, 0) is 26.7 Å². The number of carbonyl (C=O) groups is 1. The lowest BCUT2D eigenvalue weighted by molar-refractivity contribution is -0.122. The molecule has 20 heavy (non-hydrogen) atoms. The maximum atomic E-state index is 11.6. The fraction of sp³-hybridized carbons (Fsp3) is 0.929. The van der Waals surface area contributed by atoms with Gasteiger partial charge in [0.2, 0.25) is 5.91 Å². The molecule has 1 amide bonds. The molecule has 0 saturated carbocycles. The van der Waals surface area contributed by atoms with Crippen LogP contribution in [0.2, 0.25) is 0 Å². The predicted octanol–water partition coefficient (Wildman–Crippen LogP) is 1.15. The molecule has 6 heteroatoms. The van der Waals surface area contributed by atoms with Gasteiger partial charge < -0.3 is 15.8 Å². The Bertz CT molecular complexity index is 269. The predicted molar refractivity (Wildman–Crippen MR) is 84.2 cm³/mol. The normalized spacial score (nSPS) is 24.8. The summed E-state index contributed by atoms with van der Waals surface area (Å²) in [7, 11) is 0. The zero-order valence-corrected chi connectivity index (χ0v) is 13.7. The molecule has 1 fully saturated rings. The fourth-order valence-corrected chi connectivity index (χ4v) is 2.55. The van der Waals surface area contributed by atoms with Crippen LogP contribution in [0.25, 0.3) is 0 Å². The lowest BCUT2D eigenvalue weighted by Crippen LogP contribution is -2.46. The second-order valence-electron chi connectivity index (χ2n) is 5.56. The van der Waals surface area contributed by atoms with E-state index >= 15 is 0 Å². The SMILES string of the molecule is CCCC(N)C(=O)NCCCN1CC(C)OC(C)C1.Cl. The molecule has 1 aliphatic rings. The summed E-state index contributed by atoms with van der Waals surface area (Å²) >= 11 is 0. The molecule has 1 rings (SSSR count). The summed E-state index contributed by atoms with van der Waals surface area (Å²) in [5.41, 5.74) is 5.75. The van der Waals surface area contributed by atoms with Gasteiger partial charge in [-0.25, -0.2) is 0 Å². The maximum absolute atomic E-state index is 11.6. The molecular formula is C14H30ClN3O2. The number of morpholine rings is 1. The van der Waals surface area contributed by atoms with Crippen molar-refractivity contribution in [3.05, 3.63) is 0 Å². The third-order valence-corrected chi connectivity index (χ3v) is 3.38. The van der Waals surface area contributed by atoms with Crippen molar-refractivity contribution in [2.75, 3.05) is 26.2 Å². The van der Waals surface area contributed by atoms with E-state index in [1.165, 1.54) is 0 Å². The van der Waals surface area contributed by atoms with Crippen molar-refractivity contribution < 1.29 is 9.53 Å². The van der Waals surface area contributed by atoms with E-state index in [-0.39, 0.29) is 24.4 Å². The van der Waals surface area contributed by atoms with E-state index in [9.17, 15) is 4.79 Å². The van der Waals surface area contributed by atoms with Gasteiger partial charge in [0.05, 0.1) is 18.2 Å². The third-order valence-electron chi connectivity index (χ3n) is 3.38. The second kappa shape index (κ2) is 10.4. The number of amides is 1. The maximum Gasteiger partial charge on any atom is 0.236 e. The molecule has 3 unspecified atom stereocenters. The summed E-state index contributed by atoms with van der Waals surface area (Å²) < 4.78 is 5.69. The molecule has 3 atom stereocenters. The van der Waals surface area contributed by atoms with E-state index in [1.54, 1.807) is 0 Å². The molecule has 1 heterocycles. The average Bonchev–Trinajstić information content (AvgIpc) is 2.33. The number of hydrogen-bond donors (Lipinski definition) is 2.